The van der Waals surface area contributed by atoms with Gasteiger partial charge in [-0.05, 0) is 56.9 Å². The molecule has 5 nitrogen and oxygen atoms in total. The van der Waals surface area contributed by atoms with Crippen molar-refractivity contribution in [1.82, 2.24) is 5.32 Å². The molecule has 1 saturated carbocycles. The third-order valence-electron chi connectivity index (χ3n) is 6.51. The summed E-state index contributed by atoms with van der Waals surface area (Å²) < 4.78 is 0. The highest BCUT2D eigenvalue weighted by Gasteiger charge is 2.46. The molecular weight excluding hydrogens is 390 g/mol. The van der Waals surface area contributed by atoms with Crippen LogP contribution in [0.15, 0.2) is 34.9 Å². The van der Waals surface area contributed by atoms with Crippen molar-refractivity contribution in [3.05, 3.63) is 34.9 Å². The van der Waals surface area contributed by atoms with Crippen molar-refractivity contribution in [3.63, 3.8) is 0 Å². The predicted octanol–water partition coefficient (Wildman–Crippen LogP) is 4.15. The highest BCUT2D eigenvalue weighted by molar-refractivity contribution is 6.29. The fraction of sp³-hybridized carbons (Fsp3) is 0.696. The Morgan fingerprint density at radius 2 is 1.97 bits per heavy atom. The van der Waals surface area contributed by atoms with Gasteiger partial charge in [-0.25, -0.2) is 4.79 Å². The molecule has 1 saturated heterocycles. The molecule has 1 spiro atoms. The average Bonchev–Trinajstić information content (AvgIpc) is 3.06. The summed E-state index contributed by atoms with van der Waals surface area (Å²) in [5.41, 5.74) is 0.514. The lowest BCUT2D eigenvalue weighted by atomic mass is 9.72. The largest absolute Gasteiger partial charge is 0.478 e. The van der Waals surface area contributed by atoms with E-state index in [4.69, 9.17) is 21.8 Å². The van der Waals surface area contributed by atoms with Crippen molar-refractivity contribution >= 4 is 17.6 Å². The van der Waals surface area contributed by atoms with Crippen LogP contribution in [0.25, 0.3) is 0 Å². The van der Waals surface area contributed by atoms with Crippen LogP contribution >= 0.6 is 11.6 Å². The van der Waals surface area contributed by atoms with Crippen molar-refractivity contribution in [3.8, 4) is 0 Å². The molecule has 4 N–H and O–H groups in total. The lowest BCUT2D eigenvalue weighted by Gasteiger charge is -2.45. The Balaban J connectivity index is 2.01. The summed E-state index contributed by atoms with van der Waals surface area (Å²) in [6, 6.07) is 0.320. The van der Waals surface area contributed by atoms with Gasteiger partial charge in [0.2, 0.25) is 0 Å². The highest BCUT2D eigenvalue weighted by Crippen LogP contribution is 2.46. The van der Waals surface area contributed by atoms with Crippen molar-refractivity contribution in [2.75, 3.05) is 6.61 Å². The fourth-order valence-electron chi connectivity index (χ4n) is 5.01. The monoisotopic (exact) mass is 425 g/mol. The second-order valence-electron chi connectivity index (χ2n) is 8.64. The zero-order valence-electron chi connectivity index (χ0n) is 17.6. The Morgan fingerprint density at radius 1 is 1.28 bits per heavy atom. The summed E-state index contributed by atoms with van der Waals surface area (Å²) in [5, 5.41) is 32.5. The van der Waals surface area contributed by atoms with E-state index in [0.29, 0.717) is 34.9 Å². The Labute approximate surface area is 179 Å². The molecule has 0 amide bonds. The summed E-state index contributed by atoms with van der Waals surface area (Å²) >= 11 is 5.98. The minimum atomic E-state index is -0.847. The predicted molar refractivity (Wildman–Crippen MR) is 117 cm³/mol. The first kappa shape index (κ1) is 24.1. The summed E-state index contributed by atoms with van der Waals surface area (Å²) in [6.07, 6.45) is 14.5. The van der Waals surface area contributed by atoms with Gasteiger partial charge in [-0.3, -0.25) is 0 Å². The van der Waals surface area contributed by atoms with E-state index in [-0.39, 0.29) is 12.1 Å². The number of piperidine rings is 1. The Hall–Kier alpha value is -1.14. The quantitative estimate of drug-likeness (QED) is 0.329. The molecule has 2 rings (SSSR count). The average molecular weight is 426 g/mol. The highest BCUT2D eigenvalue weighted by atomic mass is 35.5. The lowest BCUT2D eigenvalue weighted by molar-refractivity contribution is -0.132. The molecule has 164 valence electrons. The Morgan fingerprint density at radius 3 is 2.62 bits per heavy atom. The van der Waals surface area contributed by atoms with Crippen LogP contribution in [0.2, 0.25) is 0 Å². The molecule has 29 heavy (non-hydrogen) atoms. The molecule has 1 aliphatic carbocycles. The molecule has 1 aliphatic heterocycles. The number of carboxylic acids is 1. The van der Waals surface area contributed by atoms with E-state index in [2.05, 4.69) is 18.3 Å². The standard InChI is InChI=1S/C23H36ClNO4/c1-16(8-10-20(27)15-18(24)11-14-26)21-6-4-13-23(21)12-3-5-19(25-23)9-7-17(2)22(28)29/h7-8,10,15-16,19-21,25-27H,3-6,9,11-14H2,1-2H3,(H,28,29)/b10-8+,17-7-,18-15-/t16-,19?,20+,21+,23+/m0/s1. The SMILES string of the molecule is C/C(=C/CC1CCC[C@]2(CCC[C@@H]2[C@@H](C)/C=C/[C@@H](O)/C=C(\Cl)CCO)N1)C(=O)O. The summed E-state index contributed by atoms with van der Waals surface area (Å²) in [4.78, 5) is 11.1. The van der Waals surface area contributed by atoms with Crippen LogP contribution in [0.3, 0.4) is 0 Å². The Kier molecular flexibility index (Phi) is 9.41. The number of nitrogens with one attached hydrogen (secondary N) is 1. The molecular formula is C23H36ClNO4. The number of aliphatic carboxylic acids is 1. The van der Waals surface area contributed by atoms with Crippen molar-refractivity contribution in [1.29, 1.82) is 0 Å². The van der Waals surface area contributed by atoms with Gasteiger partial charge in [0.1, 0.15) is 0 Å². The van der Waals surface area contributed by atoms with Gasteiger partial charge in [0.05, 0.1) is 6.10 Å². The number of halogens is 1. The summed E-state index contributed by atoms with van der Waals surface area (Å²) in [6.45, 7) is 3.83. The second kappa shape index (κ2) is 11.3. The van der Waals surface area contributed by atoms with Crippen molar-refractivity contribution in [2.45, 2.75) is 82.9 Å². The first-order valence-electron chi connectivity index (χ1n) is 10.8. The topological polar surface area (TPSA) is 89.8 Å². The molecule has 0 aromatic heterocycles. The maximum Gasteiger partial charge on any atom is 0.330 e. The number of aliphatic hydroxyl groups is 2. The first-order valence-corrected chi connectivity index (χ1v) is 11.2. The van der Waals surface area contributed by atoms with Gasteiger partial charge in [-0.2, -0.15) is 0 Å². The number of carboxylic acid groups (broad SMARTS) is 1. The molecule has 0 bridgehead atoms. The van der Waals surface area contributed by atoms with Gasteiger partial charge in [-0.15, -0.1) is 0 Å². The van der Waals surface area contributed by atoms with E-state index < -0.39 is 12.1 Å². The third-order valence-corrected chi connectivity index (χ3v) is 6.82. The number of carbonyl (C=O) groups is 1. The fourth-order valence-corrected chi connectivity index (χ4v) is 5.22. The van der Waals surface area contributed by atoms with Crippen LogP contribution in [-0.2, 0) is 4.79 Å². The smallest absolute Gasteiger partial charge is 0.330 e. The van der Waals surface area contributed by atoms with E-state index in [1.54, 1.807) is 19.1 Å². The van der Waals surface area contributed by atoms with E-state index >= 15 is 0 Å². The molecule has 2 fully saturated rings. The zero-order chi connectivity index (χ0) is 21.4. The van der Waals surface area contributed by atoms with Gasteiger partial charge >= 0.3 is 5.97 Å². The van der Waals surface area contributed by atoms with E-state index in [0.717, 1.165) is 38.5 Å². The van der Waals surface area contributed by atoms with Gasteiger partial charge in [0, 0.05) is 35.2 Å². The maximum absolute atomic E-state index is 11.1. The molecule has 1 unspecified atom stereocenters. The molecule has 2 aliphatic rings. The number of allylic oxidation sites excluding steroid dienone is 1. The van der Waals surface area contributed by atoms with Crippen LogP contribution in [0.5, 0.6) is 0 Å². The molecule has 0 aromatic carbocycles. The van der Waals surface area contributed by atoms with Crippen LogP contribution < -0.4 is 5.32 Å². The molecule has 6 heteroatoms. The minimum absolute atomic E-state index is 0.0270. The molecule has 0 aromatic rings. The van der Waals surface area contributed by atoms with Gasteiger partial charge in [-0.1, -0.05) is 49.6 Å². The van der Waals surface area contributed by atoms with E-state index in [1.807, 2.05) is 6.08 Å². The van der Waals surface area contributed by atoms with Crippen molar-refractivity contribution in [2.24, 2.45) is 11.8 Å². The van der Waals surface area contributed by atoms with Gasteiger partial charge in [0.25, 0.3) is 0 Å². The number of hydrogen-bond acceptors (Lipinski definition) is 4. The van der Waals surface area contributed by atoms with E-state index in [9.17, 15) is 9.90 Å². The van der Waals surface area contributed by atoms with Crippen LogP contribution in [0.1, 0.15) is 65.2 Å². The normalized spacial score (nSPS) is 30.8. The molecule has 5 atom stereocenters. The Bertz CT molecular complexity index is 645. The number of aliphatic hydroxyl groups excluding tert-OH is 2. The van der Waals surface area contributed by atoms with Crippen LogP contribution in [0.4, 0.5) is 0 Å². The maximum atomic E-state index is 11.1. The number of rotatable bonds is 9. The van der Waals surface area contributed by atoms with Crippen molar-refractivity contribution < 1.29 is 20.1 Å². The van der Waals surface area contributed by atoms with E-state index in [1.165, 1.54) is 6.42 Å². The number of hydrogen-bond donors (Lipinski definition) is 4. The summed E-state index contributed by atoms with van der Waals surface area (Å²) in [5.74, 6) is -0.0327. The van der Waals surface area contributed by atoms with Gasteiger partial charge < -0.3 is 20.6 Å². The molecule has 0 radical (unpaired) electrons. The minimum Gasteiger partial charge on any atom is -0.478 e. The van der Waals surface area contributed by atoms with Crippen LogP contribution in [-0.4, -0.2) is 45.6 Å². The molecule has 1 heterocycles. The van der Waals surface area contributed by atoms with Gasteiger partial charge in [0.15, 0.2) is 0 Å². The first-order chi connectivity index (χ1) is 13.8. The summed E-state index contributed by atoms with van der Waals surface area (Å²) in [7, 11) is 0. The van der Waals surface area contributed by atoms with Crippen LogP contribution in [0, 0.1) is 11.8 Å². The second-order valence-corrected chi connectivity index (χ2v) is 9.12. The lowest BCUT2D eigenvalue weighted by Crippen LogP contribution is -2.56. The third kappa shape index (κ3) is 6.95. The zero-order valence-corrected chi connectivity index (χ0v) is 18.4.